The van der Waals surface area contributed by atoms with Crippen molar-refractivity contribution in [3.8, 4) is 0 Å². The van der Waals surface area contributed by atoms with Gasteiger partial charge in [0, 0.05) is 10.9 Å². The first-order chi connectivity index (χ1) is 9.74. The van der Waals surface area contributed by atoms with Gasteiger partial charge in [-0.2, -0.15) is 0 Å². The van der Waals surface area contributed by atoms with Gasteiger partial charge in [-0.15, -0.1) is 11.3 Å². The molecule has 0 bridgehead atoms. The molecule has 0 radical (unpaired) electrons. The lowest BCUT2D eigenvalue weighted by Crippen LogP contribution is -2.07. The molecule has 1 nitrogen and oxygen atoms in total. The highest BCUT2D eigenvalue weighted by molar-refractivity contribution is 7.16. The van der Waals surface area contributed by atoms with Crippen LogP contribution in [0.3, 0.4) is 0 Å². The van der Waals surface area contributed by atoms with E-state index in [1.54, 1.807) is 11.3 Å². The van der Waals surface area contributed by atoms with E-state index in [4.69, 9.17) is 17.3 Å². The molecule has 1 unspecified atom stereocenters. The third-order valence-electron chi connectivity index (χ3n) is 3.83. The van der Waals surface area contributed by atoms with Gasteiger partial charge in [0.2, 0.25) is 0 Å². The molecule has 20 heavy (non-hydrogen) atoms. The lowest BCUT2D eigenvalue weighted by molar-refractivity contribution is 0.531. The third-order valence-corrected chi connectivity index (χ3v) is 5.19. The number of unbranched alkanes of at least 4 members (excludes halogenated alkanes) is 9. The molecule has 0 amide bonds. The van der Waals surface area contributed by atoms with Crippen molar-refractivity contribution in [1.82, 2.24) is 0 Å². The Labute approximate surface area is 133 Å². The van der Waals surface area contributed by atoms with Gasteiger partial charge in [-0.3, -0.25) is 0 Å². The number of hydrogen-bond donors (Lipinski definition) is 1. The molecule has 1 aromatic rings. The minimum atomic E-state index is 0.182. The maximum absolute atomic E-state index is 6.17. The second kappa shape index (κ2) is 11.6. The largest absolute Gasteiger partial charge is 0.323 e. The van der Waals surface area contributed by atoms with Gasteiger partial charge in [0.1, 0.15) is 0 Å². The lowest BCUT2D eigenvalue weighted by Gasteiger charge is -2.09. The number of thiophene rings is 1. The summed E-state index contributed by atoms with van der Waals surface area (Å²) >= 11 is 7.55. The molecule has 1 aromatic heterocycles. The van der Waals surface area contributed by atoms with Gasteiger partial charge >= 0.3 is 0 Å². The van der Waals surface area contributed by atoms with Crippen LogP contribution in [0.15, 0.2) is 12.1 Å². The molecule has 0 fully saturated rings. The first kappa shape index (κ1) is 18.0. The molecule has 0 saturated carbocycles. The first-order valence-electron chi connectivity index (χ1n) is 8.25. The van der Waals surface area contributed by atoms with Crippen molar-refractivity contribution in [3.63, 3.8) is 0 Å². The van der Waals surface area contributed by atoms with Crippen LogP contribution >= 0.6 is 22.9 Å². The van der Waals surface area contributed by atoms with E-state index in [0.29, 0.717) is 0 Å². The summed E-state index contributed by atoms with van der Waals surface area (Å²) in [7, 11) is 0. The minimum absolute atomic E-state index is 0.182. The SMILES string of the molecule is CCCCCCCCCCCCC(N)c1ccc(Cl)s1. The van der Waals surface area contributed by atoms with Crippen LogP contribution in [-0.2, 0) is 0 Å². The van der Waals surface area contributed by atoms with E-state index in [1.165, 1.54) is 69.1 Å². The molecule has 0 aliphatic rings. The van der Waals surface area contributed by atoms with Crippen molar-refractivity contribution in [2.45, 2.75) is 83.6 Å². The Balaban J connectivity index is 1.89. The smallest absolute Gasteiger partial charge is 0.0931 e. The molecule has 1 rings (SSSR count). The van der Waals surface area contributed by atoms with Crippen LogP contribution in [-0.4, -0.2) is 0 Å². The van der Waals surface area contributed by atoms with Gasteiger partial charge in [0.05, 0.1) is 4.34 Å². The highest BCUT2D eigenvalue weighted by atomic mass is 35.5. The van der Waals surface area contributed by atoms with Gasteiger partial charge < -0.3 is 5.73 Å². The van der Waals surface area contributed by atoms with E-state index in [2.05, 4.69) is 13.0 Å². The summed E-state index contributed by atoms with van der Waals surface area (Å²) in [6.07, 6.45) is 14.9. The van der Waals surface area contributed by atoms with Crippen LogP contribution < -0.4 is 5.73 Å². The fourth-order valence-electron chi connectivity index (χ4n) is 2.52. The van der Waals surface area contributed by atoms with E-state index >= 15 is 0 Å². The van der Waals surface area contributed by atoms with Crippen LogP contribution in [0.1, 0.15) is 88.5 Å². The Morgan fingerprint density at radius 2 is 1.50 bits per heavy atom. The van der Waals surface area contributed by atoms with Gasteiger partial charge in [0.25, 0.3) is 0 Å². The third kappa shape index (κ3) is 8.28. The molecule has 0 spiro atoms. The fraction of sp³-hybridized carbons (Fsp3) is 0.765. The Hall–Kier alpha value is -0.0500. The van der Waals surface area contributed by atoms with Crippen LogP contribution in [0.2, 0.25) is 4.34 Å². The number of rotatable bonds is 12. The molecule has 0 aliphatic heterocycles. The molecule has 0 aliphatic carbocycles. The maximum atomic E-state index is 6.17. The molecular weight excluding hydrogens is 286 g/mol. The second-order valence-electron chi connectivity index (χ2n) is 5.72. The summed E-state index contributed by atoms with van der Waals surface area (Å²) in [5.74, 6) is 0. The van der Waals surface area contributed by atoms with Gasteiger partial charge in [-0.1, -0.05) is 82.7 Å². The fourth-order valence-corrected chi connectivity index (χ4v) is 3.62. The van der Waals surface area contributed by atoms with Gasteiger partial charge in [-0.25, -0.2) is 0 Å². The summed E-state index contributed by atoms with van der Waals surface area (Å²) in [6.45, 7) is 2.27. The Morgan fingerprint density at radius 1 is 0.950 bits per heavy atom. The monoisotopic (exact) mass is 315 g/mol. The average Bonchev–Trinajstić information content (AvgIpc) is 2.87. The van der Waals surface area contributed by atoms with Crippen molar-refractivity contribution in [3.05, 3.63) is 21.3 Å². The number of nitrogens with two attached hydrogens (primary N) is 1. The first-order valence-corrected chi connectivity index (χ1v) is 9.44. The van der Waals surface area contributed by atoms with Crippen LogP contribution in [0.4, 0.5) is 0 Å². The molecule has 116 valence electrons. The molecule has 0 saturated heterocycles. The zero-order chi connectivity index (χ0) is 14.6. The summed E-state index contributed by atoms with van der Waals surface area (Å²) in [5.41, 5.74) is 6.17. The highest BCUT2D eigenvalue weighted by Crippen LogP contribution is 2.28. The van der Waals surface area contributed by atoms with Crippen molar-refractivity contribution in [2.75, 3.05) is 0 Å². The van der Waals surface area contributed by atoms with Crippen molar-refractivity contribution < 1.29 is 0 Å². The normalized spacial score (nSPS) is 12.8. The van der Waals surface area contributed by atoms with E-state index < -0.39 is 0 Å². The molecule has 3 heteroatoms. The number of halogens is 1. The Morgan fingerprint density at radius 3 is 2.00 bits per heavy atom. The molecule has 1 heterocycles. The highest BCUT2D eigenvalue weighted by Gasteiger charge is 2.08. The Bertz CT molecular complexity index is 337. The Kier molecular flexibility index (Phi) is 10.4. The quantitative estimate of drug-likeness (QED) is 0.426. The van der Waals surface area contributed by atoms with E-state index in [-0.39, 0.29) is 6.04 Å². The van der Waals surface area contributed by atoms with Gasteiger partial charge in [0.15, 0.2) is 0 Å². The van der Waals surface area contributed by atoms with Crippen molar-refractivity contribution in [2.24, 2.45) is 5.73 Å². The maximum Gasteiger partial charge on any atom is 0.0931 e. The van der Waals surface area contributed by atoms with Crippen molar-refractivity contribution >= 4 is 22.9 Å². The summed E-state index contributed by atoms with van der Waals surface area (Å²) in [6, 6.07) is 4.19. The van der Waals surface area contributed by atoms with Gasteiger partial charge in [-0.05, 0) is 18.6 Å². The topological polar surface area (TPSA) is 26.0 Å². The van der Waals surface area contributed by atoms with Crippen LogP contribution in [0.25, 0.3) is 0 Å². The summed E-state index contributed by atoms with van der Waals surface area (Å²) in [4.78, 5) is 1.23. The van der Waals surface area contributed by atoms with Crippen LogP contribution in [0, 0.1) is 0 Å². The summed E-state index contributed by atoms with van der Waals surface area (Å²) in [5, 5.41) is 0. The second-order valence-corrected chi connectivity index (χ2v) is 7.47. The zero-order valence-electron chi connectivity index (χ0n) is 12.9. The lowest BCUT2D eigenvalue weighted by atomic mass is 10.0. The summed E-state index contributed by atoms with van der Waals surface area (Å²) < 4.78 is 0.846. The molecular formula is C17H30ClNS. The van der Waals surface area contributed by atoms with E-state index in [0.717, 1.165) is 10.8 Å². The molecule has 1 atom stereocenters. The standard InChI is InChI=1S/C17H30ClNS/c1-2-3-4-5-6-7-8-9-10-11-12-15(19)16-13-14-17(18)20-16/h13-15H,2-12,19H2,1H3. The predicted octanol–water partition coefficient (Wildman–Crippen LogP) is 6.71. The number of hydrogen-bond acceptors (Lipinski definition) is 2. The zero-order valence-corrected chi connectivity index (χ0v) is 14.4. The van der Waals surface area contributed by atoms with Crippen molar-refractivity contribution in [1.29, 1.82) is 0 Å². The molecule has 0 aromatic carbocycles. The van der Waals surface area contributed by atoms with Crippen LogP contribution in [0.5, 0.6) is 0 Å². The van der Waals surface area contributed by atoms with E-state index in [1.807, 2.05) is 6.07 Å². The van der Waals surface area contributed by atoms with E-state index in [9.17, 15) is 0 Å². The average molecular weight is 316 g/mol. The predicted molar refractivity (Wildman–Crippen MR) is 92.7 cm³/mol. The molecule has 2 N–H and O–H groups in total. The minimum Gasteiger partial charge on any atom is -0.323 e.